The van der Waals surface area contributed by atoms with Crippen LogP contribution >= 0.6 is 0 Å². The Bertz CT molecular complexity index is 1130. The van der Waals surface area contributed by atoms with Crippen molar-refractivity contribution in [2.45, 2.75) is 91.9 Å². The van der Waals surface area contributed by atoms with Gasteiger partial charge in [-0.15, -0.1) is 0 Å². The maximum atomic E-state index is 6.22. The number of ether oxygens (including phenoxy) is 6. The first-order valence-electron chi connectivity index (χ1n) is 16.2. The summed E-state index contributed by atoms with van der Waals surface area (Å²) >= 11 is 0. The third kappa shape index (κ3) is 6.68. The molecular formula is C36H50O6. The first-order chi connectivity index (χ1) is 20.6. The summed E-state index contributed by atoms with van der Waals surface area (Å²) in [5, 5.41) is 0. The van der Waals surface area contributed by atoms with Gasteiger partial charge in [0.2, 0.25) is 0 Å². The van der Waals surface area contributed by atoms with Gasteiger partial charge in [0, 0.05) is 11.8 Å². The molecule has 0 saturated heterocycles. The Morgan fingerprint density at radius 2 is 0.833 bits per heavy atom. The minimum atomic E-state index is 0.196. The summed E-state index contributed by atoms with van der Waals surface area (Å²) in [7, 11) is 0. The van der Waals surface area contributed by atoms with E-state index in [-0.39, 0.29) is 11.8 Å². The van der Waals surface area contributed by atoms with Crippen LogP contribution in [0.5, 0.6) is 11.5 Å². The number of hydrogen-bond donors (Lipinski definition) is 0. The topological polar surface area (TPSA) is 55.4 Å². The number of allylic oxidation sites excluding steroid dienone is 2. The van der Waals surface area contributed by atoms with Gasteiger partial charge in [-0.1, -0.05) is 49.9 Å². The molecule has 0 amide bonds. The molecule has 2 aliphatic rings. The fourth-order valence-electron chi connectivity index (χ4n) is 6.40. The highest BCUT2D eigenvalue weighted by Crippen LogP contribution is 2.50. The van der Waals surface area contributed by atoms with E-state index in [2.05, 4.69) is 24.3 Å². The molecule has 230 valence electrons. The van der Waals surface area contributed by atoms with Crippen LogP contribution in [0, 0.1) is 0 Å². The van der Waals surface area contributed by atoms with Crippen LogP contribution in [0.4, 0.5) is 0 Å². The molecule has 6 nitrogen and oxygen atoms in total. The Balaban J connectivity index is 1.42. The lowest BCUT2D eigenvalue weighted by Gasteiger charge is -2.18. The monoisotopic (exact) mass is 578 g/mol. The van der Waals surface area contributed by atoms with Crippen LogP contribution < -0.4 is 9.47 Å². The van der Waals surface area contributed by atoms with Crippen molar-refractivity contribution >= 4 is 11.5 Å². The van der Waals surface area contributed by atoms with E-state index in [0.717, 1.165) is 84.2 Å². The van der Waals surface area contributed by atoms with Crippen LogP contribution in [0.3, 0.4) is 0 Å². The van der Waals surface area contributed by atoms with Gasteiger partial charge in [0.1, 0.15) is 23.0 Å². The zero-order chi connectivity index (χ0) is 29.9. The Morgan fingerprint density at radius 1 is 0.452 bits per heavy atom. The van der Waals surface area contributed by atoms with Crippen molar-refractivity contribution in [2.24, 2.45) is 0 Å². The molecule has 6 heteroatoms. The molecule has 0 fully saturated rings. The third-order valence-electron chi connectivity index (χ3n) is 7.91. The van der Waals surface area contributed by atoms with Crippen LogP contribution in [0.15, 0.2) is 47.9 Å². The summed E-state index contributed by atoms with van der Waals surface area (Å²) in [6.07, 6.45) is 6.60. The summed E-state index contributed by atoms with van der Waals surface area (Å²) in [4.78, 5) is 0. The van der Waals surface area contributed by atoms with Crippen molar-refractivity contribution < 1.29 is 28.4 Å². The van der Waals surface area contributed by atoms with Crippen molar-refractivity contribution in [1.82, 2.24) is 0 Å². The Hall–Kier alpha value is -3.28. The Labute approximate surface area is 253 Å². The lowest BCUT2D eigenvalue weighted by atomic mass is 9.91. The van der Waals surface area contributed by atoms with Crippen LogP contribution in [0.2, 0.25) is 0 Å². The molecule has 2 aromatic carbocycles. The molecule has 2 unspecified atom stereocenters. The van der Waals surface area contributed by atoms with E-state index >= 15 is 0 Å². The molecule has 0 saturated carbocycles. The molecule has 0 N–H and O–H groups in total. The fourth-order valence-corrected chi connectivity index (χ4v) is 6.40. The standard InChI is InChI=1S/C36H50O6/c1-7-37-29-23-17-21-25-27(33(39-9-3)35(31(25)29)41-11-5)19-15-13-14-16-20-28-26-22-18-24-30(38-8-2)32(26)36(42-12-6)34(28)40-10-4/h17-18,21-24,27-28H,7-16,19-20H2,1-6H3. The quantitative estimate of drug-likeness (QED) is 0.155. The summed E-state index contributed by atoms with van der Waals surface area (Å²) in [6, 6.07) is 12.7. The first kappa shape index (κ1) is 31.7. The van der Waals surface area contributed by atoms with E-state index in [1.807, 2.05) is 53.7 Å². The molecule has 4 rings (SSSR count). The van der Waals surface area contributed by atoms with Crippen molar-refractivity contribution in [3.8, 4) is 11.5 Å². The van der Waals surface area contributed by atoms with Crippen molar-refractivity contribution in [3.05, 3.63) is 70.2 Å². The molecule has 2 aliphatic carbocycles. The summed E-state index contributed by atoms with van der Waals surface area (Å²) in [5.74, 6) is 5.79. The van der Waals surface area contributed by atoms with Crippen molar-refractivity contribution in [2.75, 3.05) is 39.6 Å². The van der Waals surface area contributed by atoms with Crippen LogP contribution in [-0.2, 0) is 18.9 Å². The number of unbranched alkanes of at least 4 members (excludes halogenated alkanes) is 3. The summed E-state index contributed by atoms with van der Waals surface area (Å²) in [6.45, 7) is 15.8. The highest BCUT2D eigenvalue weighted by molar-refractivity contribution is 5.78. The van der Waals surface area contributed by atoms with E-state index < -0.39 is 0 Å². The van der Waals surface area contributed by atoms with Crippen LogP contribution in [0.25, 0.3) is 11.5 Å². The molecule has 0 bridgehead atoms. The Kier molecular flexibility index (Phi) is 11.9. The van der Waals surface area contributed by atoms with Gasteiger partial charge in [0.15, 0.2) is 11.5 Å². The number of fused-ring (bicyclic) bond motifs is 2. The maximum absolute atomic E-state index is 6.22. The van der Waals surface area contributed by atoms with Gasteiger partial charge in [0.05, 0.1) is 50.8 Å². The van der Waals surface area contributed by atoms with Gasteiger partial charge in [-0.3, -0.25) is 0 Å². The number of benzene rings is 2. The molecular weight excluding hydrogens is 528 g/mol. The largest absolute Gasteiger partial charge is 0.494 e. The van der Waals surface area contributed by atoms with E-state index in [9.17, 15) is 0 Å². The molecule has 2 atom stereocenters. The lowest BCUT2D eigenvalue weighted by Crippen LogP contribution is -2.05. The highest BCUT2D eigenvalue weighted by Gasteiger charge is 2.37. The molecule has 0 spiro atoms. The minimum Gasteiger partial charge on any atom is -0.494 e. The SMILES string of the molecule is CCOC1=C(OCC)C(CCCCCCC2C(OCC)=C(OCC)c3c(OCC)cccc32)c2cccc(OCC)c21. The average Bonchev–Trinajstić information content (AvgIpc) is 3.45. The second kappa shape index (κ2) is 15.8. The van der Waals surface area contributed by atoms with Gasteiger partial charge in [0.25, 0.3) is 0 Å². The zero-order valence-electron chi connectivity index (χ0n) is 26.6. The maximum Gasteiger partial charge on any atom is 0.168 e. The normalized spacial score (nSPS) is 17.3. The van der Waals surface area contributed by atoms with Gasteiger partial charge in [-0.25, -0.2) is 0 Å². The predicted molar refractivity (Wildman–Crippen MR) is 169 cm³/mol. The van der Waals surface area contributed by atoms with Gasteiger partial charge in [-0.05, 0) is 77.6 Å². The second-order valence-electron chi connectivity index (χ2n) is 10.5. The van der Waals surface area contributed by atoms with E-state index in [1.54, 1.807) is 0 Å². The highest BCUT2D eigenvalue weighted by atomic mass is 16.5. The molecule has 0 aliphatic heterocycles. The zero-order valence-corrected chi connectivity index (χ0v) is 26.6. The fraction of sp³-hybridized carbons (Fsp3) is 0.556. The summed E-state index contributed by atoms with van der Waals surface area (Å²) in [5.41, 5.74) is 4.66. The number of hydrogen-bond acceptors (Lipinski definition) is 6. The van der Waals surface area contributed by atoms with E-state index in [4.69, 9.17) is 28.4 Å². The molecule has 0 radical (unpaired) electrons. The average molecular weight is 579 g/mol. The third-order valence-corrected chi connectivity index (χ3v) is 7.91. The van der Waals surface area contributed by atoms with Gasteiger partial charge >= 0.3 is 0 Å². The van der Waals surface area contributed by atoms with E-state index in [1.165, 1.54) is 11.1 Å². The second-order valence-corrected chi connectivity index (χ2v) is 10.5. The van der Waals surface area contributed by atoms with Crippen LogP contribution in [-0.4, -0.2) is 39.6 Å². The lowest BCUT2D eigenvalue weighted by molar-refractivity contribution is 0.189. The minimum absolute atomic E-state index is 0.196. The van der Waals surface area contributed by atoms with Crippen molar-refractivity contribution in [1.29, 1.82) is 0 Å². The van der Waals surface area contributed by atoms with Crippen LogP contribution in [0.1, 0.15) is 114 Å². The summed E-state index contributed by atoms with van der Waals surface area (Å²) < 4.78 is 36.8. The van der Waals surface area contributed by atoms with Gasteiger partial charge < -0.3 is 28.4 Å². The Morgan fingerprint density at radius 3 is 1.19 bits per heavy atom. The van der Waals surface area contributed by atoms with E-state index in [0.29, 0.717) is 39.6 Å². The number of rotatable bonds is 19. The smallest absolute Gasteiger partial charge is 0.168 e. The first-order valence-corrected chi connectivity index (χ1v) is 16.2. The molecule has 42 heavy (non-hydrogen) atoms. The van der Waals surface area contributed by atoms with Gasteiger partial charge in [-0.2, -0.15) is 0 Å². The molecule has 0 heterocycles. The molecule has 2 aromatic rings. The predicted octanol–water partition coefficient (Wildman–Crippen LogP) is 9.20. The van der Waals surface area contributed by atoms with Crippen molar-refractivity contribution in [3.63, 3.8) is 0 Å². The molecule has 0 aromatic heterocycles.